The number of nitrogens with two attached hydrogens (primary N) is 1. The number of rotatable bonds is 4. The molecule has 0 unspecified atom stereocenters. The van der Waals surface area contributed by atoms with Gasteiger partial charge in [0.05, 0.1) is 23.3 Å². The molecule has 0 aromatic carbocycles. The van der Waals surface area contributed by atoms with E-state index in [2.05, 4.69) is 5.10 Å². The van der Waals surface area contributed by atoms with Crippen molar-refractivity contribution in [3.8, 4) is 0 Å². The minimum absolute atomic E-state index is 0.0987. The zero-order valence-electron chi connectivity index (χ0n) is 8.80. The summed E-state index contributed by atoms with van der Waals surface area (Å²) < 4.78 is 1.59. The van der Waals surface area contributed by atoms with Crippen LogP contribution in [-0.4, -0.2) is 38.7 Å². The first kappa shape index (κ1) is 11.6. The second kappa shape index (κ2) is 4.88. The largest absolute Gasteiger partial charge is 0.392 e. The van der Waals surface area contributed by atoms with E-state index in [1.54, 1.807) is 22.8 Å². The van der Waals surface area contributed by atoms with Gasteiger partial charge in [-0.1, -0.05) is 12.2 Å². The lowest BCUT2D eigenvalue weighted by Gasteiger charge is -2.18. The maximum atomic E-state index is 11.9. The summed E-state index contributed by atoms with van der Waals surface area (Å²) in [5.74, 6) is -0.0987. The average Bonchev–Trinajstić information content (AvgIpc) is 2.60. The highest BCUT2D eigenvalue weighted by molar-refractivity contribution is 7.80. The third kappa shape index (κ3) is 3.02. The lowest BCUT2D eigenvalue weighted by atomic mass is 10.3. The maximum Gasteiger partial charge on any atom is 0.257 e. The van der Waals surface area contributed by atoms with Crippen molar-refractivity contribution in [2.75, 3.05) is 13.1 Å². The van der Waals surface area contributed by atoms with E-state index in [0.717, 1.165) is 0 Å². The molecule has 2 N–H and O–H groups in total. The molecular formula is C9H14N4OS. The van der Waals surface area contributed by atoms with Crippen LogP contribution in [0.25, 0.3) is 0 Å². The first-order chi connectivity index (χ1) is 7.04. The number of likely N-dealkylation sites (N-methyl/N-ethyl adjacent to an activating group) is 1. The SMILES string of the molecule is CCN(CC(N)=S)C(=O)c1cnn(C)c1. The molecule has 1 heterocycles. The summed E-state index contributed by atoms with van der Waals surface area (Å²) in [7, 11) is 1.76. The molecule has 0 atom stereocenters. The van der Waals surface area contributed by atoms with Gasteiger partial charge in [0.2, 0.25) is 0 Å². The molecule has 0 saturated carbocycles. The molecule has 0 saturated heterocycles. The Morgan fingerprint density at radius 1 is 1.73 bits per heavy atom. The van der Waals surface area contributed by atoms with Crippen molar-refractivity contribution < 1.29 is 4.79 Å². The van der Waals surface area contributed by atoms with Crippen LogP contribution in [0.5, 0.6) is 0 Å². The second-order valence-electron chi connectivity index (χ2n) is 3.19. The van der Waals surface area contributed by atoms with E-state index in [0.29, 0.717) is 23.6 Å². The number of carbonyl (C=O) groups is 1. The lowest BCUT2D eigenvalue weighted by molar-refractivity contribution is 0.0788. The fourth-order valence-corrected chi connectivity index (χ4v) is 1.39. The van der Waals surface area contributed by atoms with Crippen LogP contribution in [0.2, 0.25) is 0 Å². The van der Waals surface area contributed by atoms with Gasteiger partial charge in [-0.25, -0.2) is 0 Å². The average molecular weight is 226 g/mol. The fraction of sp³-hybridized carbons (Fsp3) is 0.444. The van der Waals surface area contributed by atoms with Gasteiger partial charge < -0.3 is 10.6 Å². The highest BCUT2D eigenvalue weighted by Gasteiger charge is 2.15. The Kier molecular flexibility index (Phi) is 3.79. The Morgan fingerprint density at radius 2 is 2.40 bits per heavy atom. The summed E-state index contributed by atoms with van der Waals surface area (Å²) in [6.45, 7) is 2.76. The summed E-state index contributed by atoms with van der Waals surface area (Å²) >= 11 is 4.78. The predicted octanol–water partition coefficient (Wildman–Crippen LogP) is 0.168. The Labute approximate surface area is 93.8 Å². The van der Waals surface area contributed by atoms with Crippen LogP contribution in [-0.2, 0) is 7.05 Å². The number of hydrogen-bond donors (Lipinski definition) is 1. The van der Waals surface area contributed by atoms with E-state index in [4.69, 9.17) is 18.0 Å². The molecule has 1 rings (SSSR count). The zero-order chi connectivity index (χ0) is 11.4. The van der Waals surface area contributed by atoms with Crippen molar-refractivity contribution in [3.05, 3.63) is 18.0 Å². The number of hydrogen-bond acceptors (Lipinski definition) is 3. The number of thiocarbonyl (C=S) groups is 1. The molecule has 5 nitrogen and oxygen atoms in total. The van der Waals surface area contributed by atoms with Gasteiger partial charge in [0.15, 0.2) is 0 Å². The van der Waals surface area contributed by atoms with Gasteiger partial charge in [-0.2, -0.15) is 5.10 Å². The van der Waals surface area contributed by atoms with Crippen molar-refractivity contribution in [2.24, 2.45) is 12.8 Å². The van der Waals surface area contributed by atoms with Gasteiger partial charge >= 0.3 is 0 Å². The van der Waals surface area contributed by atoms with Gasteiger partial charge in [-0.3, -0.25) is 9.48 Å². The minimum Gasteiger partial charge on any atom is -0.392 e. The van der Waals surface area contributed by atoms with E-state index < -0.39 is 0 Å². The second-order valence-corrected chi connectivity index (χ2v) is 3.71. The van der Waals surface area contributed by atoms with Crippen molar-refractivity contribution in [3.63, 3.8) is 0 Å². The third-order valence-electron chi connectivity index (χ3n) is 1.97. The number of carbonyl (C=O) groups excluding carboxylic acids is 1. The van der Waals surface area contributed by atoms with Crippen molar-refractivity contribution in [1.82, 2.24) is 14.7 Å². The van der Waals surface area contributed by atoms with E-state index in [-0.39, 0.29) is 5.91 Å². The Hall–Kier alpha value is -1.43. The molecule has 0 aliphatic heterocycles. The van der Waals surface area contributed by atoms with Crippen LogP contribution in [0.4, 0.5) is 0 Å². The van der Waals surface area contributed by atoms with Crippen LogP contribution in [0.15, 0.2) is 12.4 Å². The van der Waals surface area contributed by atoms with Crippen LogP contribution >= 0.6 is 12.2 Å². The molecule has 0 radical (unpaired) electrons. The van der Waals surface area contributed by atoms with E-state index in [1.165, 1.54) is 6.20 Å². The molecular weight excluding hydrogens is 212 g/mol. The van der Waals surface area contributed by atoms with Gasteiger partial charge in [0, 0.05) is 19.8 Å². The minimum atomic E-state index is -0.0987. The molecule has 1 aromatic rings. The van der Waals surface area contributed by atoms with E-state index in [1.807, 2.05) is 6.92 Å². The number of amides is 1. The van der Waals surface area contributed by atoms with Crippen LogP contribution in [0.3, 0.4) is 0 Å². The van der Waals surface area contributed by atoms with Crippen molar-refractivity contribution >= 4 is 23.1 Å². The molecule has 0 spiro atoms. The summed E-state index contributed by atoms with van der Waals surface area (Å²) in [5.41, 5.74) is 5.96. The number of aryl methyl sites for hydroxylation is 1. The van der Waals surface area contributed by atoms with E-state index in [9.17, 15) is 4.79 Å². The van der Waals surface area contributed by atoms with E-state index >= 15 is 0 Å². The lowest BCUT2D eigenvalue weighted by Crippen LogP contribution is -2.37. The van der Waals surface area contributed by atoms with Crippen LogP contribution in [0.1, 0.15) is 17.3 Å². The molecule has 15 heavy (non-hydrogen) atoms. The standard InChI is InChI=1S/C9H14N4OS/c1-3-13(6-8(10)15)9(14)7-4-11-12(2)5-7/h4-5H,3,6H2,1-2H3,(H2,10,15). The molecule has 0 aliphatic rings. The van der Waals surface area contributed by atoms with Crippen LogP contribution in [0, 0.1) is 0 Å². The van der Waals surface area contributed by atoms with Crippen molar-refractivity contribution in [1.29, 1.82) is 0 Å². The first-order valence-electron chi connectivity index (χ1n) is 4.60. The zero-order valence-corrected chi connectivity index (χ0v) is 9.62. The molecule has 1 aromatic heterocycles. The highest BCUT2D eigenvalue weighted by atomic mass is 32.1. The maximum absolute atomic E-state index is 11.9. The summed E-state index contributed by atoms with van der Waals surface area (Å²) in [6, 6.07) is 0. The van der Waals surface area contributed by atoms with Gasteiger partial charge in [-0.15, -0.1) is 0 Å². The number of aromatic nitrogens is 2. The normalized spacial score (nSPS) is 10.0. The Balaban J connectivity index is 2.77. The molecule has 82 valence electrons. The molecule has 6 heteroatoms. The number of nitrogens with zero attached hydrogens (tertiary/aromatic N) is 3. The first-order valence-corrected chi connectivity index (χ1v) is 5.01. The topological polar surface area (TPSA) is 64.2 Å². The predicted molar refractivity (Wildman–Crippen MR) is 61.6 cm³/mol. The summed E-state index contributed by atoms with van der Waals surface area (Å²) in [4.78, 5) is 13.8. The van der Waals surface area contributed by atoms with Crippen LogP contribution < -0.4 is 5.73 Å². The smallest absolute Gasteiger partial charge is 0.257 e. The highest BCUT2D eigenvalue weighted by Crippen LogP contribution is 2.02. The molecule has 0 bridgehead atoms. The summed E-state index contributed by atoms with van der Waals surface area (Å²) in [6.07, 6.45) is 3.20. The Morgan fingerprint density at radius 3 is 2.80 bits per heavy atom. The van der Waals surface area contributed by atoms with Gasteiger partial charge in [0.25, 0.3) is 5.91 Å². The summed E-state index contributed by atoms with van der Waals surface area (Å²) in [5, 5.41) is 3.94. The third-order valence-corrected chi connectivity index (χ3v) is 2.10. The fourth-order valence-electron chi connectivity index (χ4n) is 1.23. The molecule has 0 fully saturated rings. The van der Waals surface area contributed by atoms with Crippen molar-refractivity contribution in [2.45, 2.75) is 6.92 Å². The Bertz CT molecular complexity index is 374. The van der Waals surface area contributed by atoms with Gasteiger partial charge in [0.1, 0.15) is 0 Å². The molecule has 1 amide bonds. The monoisotopic (exact) mass is 226 g/mol. The van der Waals surface area contributed by atoms with Gasteiger partial charge in [-0.05, 0) is 6.92 Å². The quantitative estimate of drug-likeness (QED) is 0.743. The molecule has 0 aliphatic carbocycles.